The Bertz CT molecular complexity index is 1360. The highest BCUT2D eigenvalue weighted by atomic mass is 16.5. The molecule has 1 aliphatic carbocycles. The Hall–Kier alpha value is -4.14. The van der Waals surface area contributed by atoms with Crippen LogP contribution in [0.5, 0.6) is 11.5 Å². The minimum Gasteiger partial charge on any atom is -0.493 e. The van der Waals surface area contributed by atoms with Crippen LogP contribution < -0.4 is 14.8 Å². The topological polar surface area (TPSA) is 104 Å². The quantitative estimate of drug-likeness (QED) is 0.390. The van der Waals surface area contributed by atoms with Crippen LogP contribution in [-0.4, -0.2) is 46.6 Å². The van der Waals surface area contributed by atoms with Gasteiger partial charge in [-0.25, -0.2) is 4.68 Å². The average molecular weight is 474 g/mol. The van der Waals surface area contributed by atoms with E-state index in [1.54, 1.807) is 27.2 Å². The number of carbonyl (C=O) groups excluding carboxylic acids is 1. The predicted molar refractivity (Wildman–Crippen MR) is 129 cm³/mol. The minimum atomic E-state index is -0.139. The Labute approximate surface area is 203 Å². The summed E-state index contributed by atoms with van der Waals surface area (Å²) in [6.45, 7) is 2.25. The average Bonchev–Trinajstić information content (AvgIpc) is 3.48. The van der Waals surface area contributed by atoms with Crippen LogP contribution in [0, 0.1) is 6.92 Å². The zero-order valence-electron chi connectivity index (χ0n) is 19.9. The molecule has 2 heterocycles. The van der Waals surface area contributed by atoms with Crippen LogP contribution in [0.3, 0.4) is 0 Å². The molecule has 9 heteroatoms. The number of benzene rings is 2. The molecule has 0 saturated heterocycles. The van der Waals surface area contributed by atoms with E-state index in [1.165, 1.54) is 0 Å². The van der Waals surface area contributed by atoms with Crippen LogP contribution >= 0.6 is 0 Å². The molecule has 0 atom stereocenters. The van der Waals surface area contributed by atoms with Crippen LogP contribution in [0.2, 0.25) is 0 Å². The van der Waals surface area contributed by atoms with Gasteiger partial charge in [0.25, 0.3) is 11.8 Å². The van der Waals surface area contributed by atoms with Crippen molar-refractivity contribution in [3.8, 4) is 28.8 Å². The van der Waals surface area contributed by atoms with Crippen LogP contribution in [-0.2, 0) is 6.42 Å². The Balaban J connectivity index is 1.30. The standard InChI is InChI=1S/C26H27N5O4/c1-16-28-29-26(35-16)21-15-22(18-8-9-18)31(30-21)20-6-4-5-19(14-20)25(32)27-12-11-17-7-10-23(33-2)24(13-17)34-3/h4-7,10,13-15,18H,8-9,11-12H2,1-3H3,(H,27,32). The van der Waals surface area contributed by atoms with Crippen LogP contribution in [0.1, 0.15) is 46.3 Å². The highest BCUT2D eigenvalue weighted by Gasteiger charge is 2.30. The summed E-state index contributed by atoms with van der Waals surface area (Å²) < 4.78 is 18.1. The lowest BCUT2D eigenvalue weighted by molar-refractivity contribution is 0.0954. The van der Waals surface area contributed by atoms with E-state index in [1.807, 2.05) is 47.1 Å². The van der Waals surface area contributed by atoms with E-state index >= 15 is 0 Å². The van der Waals surface area contributed by atoms with Crippen molar-refractivity contribution in [2.45, 2.75) is 32.1 Å². The van der Waals surface area contributed by atoms with Crippen molar-refractivity contribution >= 4 is 5.91 Å². The highest BCUT2D eigenvalue weighted by Crippen LogP contribution is 2.42. The lowest BCUT2D eigenvalue weighted by Gasteiger charge is -2.11. The summed E-state index contributed by atoms with van der Waals surface area (Å²) in [5.74, 6) is 2.55. The fourth-order valence-electron chi connectivity index (χ4n) is 4.01. The van der Waals surface area contributed by atoms with E-state index < -0.39 is 0 Å². The van der Waals surface area contributed by atoms with Gasteiger partial charge in [-0.1, -0.05) is 12.1 Å². The predicted octanol–water partition coefficient (Wildman–Crippen LogP) is 4.10. The van der Waals surface area contributed by atoms with Gasteiger partial charge in [-0.05, 0) is 61.2 Å². The largest absolute Gasteiger partial charge is 0.493 e. The number of hydrogen-bond donors (Lipinski definition) is 1. The molecular weight excluding hydrogens is 446 g/mol. The van der Waals surface area contributed by atoms with Gasteiger partial charge in [0.05, 0.1) is 19.9 Å². The van der Waals surface area contributed by atoms with E-state index in [-0.39, 0.29) is 5.91 Å². The first-order chi connectivity index (χ1) is 17.1. The Morgan fingerprint density at radius 3 is 2.63 bits per heavy atom. The van der Waals surface area contributed by atoms with Crippen molar-refractivity contribution in [1.29, 1.82) is 0 Å². The first-order valence-corrected chi connectivity index (χ1v) is 11.6. The van der Waals surface area contributed by atoms with Crippen molar-refractivity contribution < 1.29 is 18.7 Å². The van der Waals surface area contributed by atoms with Gasteiger partial charge in [0, 0.05) is 30.6 Å². The molecule has 180 valence electrons. The smallest absolute Gasteiger partial charge is 0.268 e. The van der Waals surface area contributed by atoms with Crippen molar-refractivity contribution in [2.24, 2.45) is 0 Å². The first-order valence-electron chi connectivity index (χ1n) is 11.6. The second-order valence-electron chi connectivity index (χ2n) is 8.51. The molecule has 1 fully saturated rings. The number of hydrogen-bond acceptors (Lipinski definition) is 7. The molecule has 4 aromatic rings. The molecule has 9 nitrogen and oxygen atoms in total. The van der Waals surface area contributed by atoms with Crippen molar-refractivity contribution in [3.05, 3.63) is 71.2 Å². The monoisotopic (exact) mass is 473 g/mol. The summed E-state index contributed by atoms with van der Waals surface area (Å²) in [5, 5.41) is 15.7. The molecule has 35 heavy (non-hydrogen) atoms. The van der Waals surface area contributed by atoms with Crippen molar-refractivity contribution in [3.63, 3.8) is 0 Å². The van der Waals surface area contributed by atoms with Gasteiger partial charge in [-0.15, -0.1) is 10.2 Å². The van der Waals surface area contributed by atoms with E-state index in [9.17, 15) is 4.79 Å². The molecule has 0 bridgehead atoms. The third kappa shape index (κ3) is 4.89. The molecule has 0 radical (unpaired) electrons. The van der Waals surface area contributed by atoms with Gasteiger partial charge in [0.15, 0.2) is 11.5 Å². The van der Waals surface area contributed by atoms with Crippen LogP contribution in [0.4, 0.5) is 0 Å². The summed E-state index contributed by atoms with van der Waals surface area (Å²) in [7, 11) is 3.21. The molecule has 0 unspecified atom stereocenters. The number of ether oxygens (including phenoxy) is 2. The summed E-state index contributed by atoms with van der Waals surface area (Å²) in [4.78, 5) is 12.9. The number of rotatable bonds is 9. The molecule has 1 saturated carbocycles. The van der Waals surface area contributed by atoms with E-state index in [2.05, 4.69) is 15.5 Å². The molecule has 0 spiro atoms. The van der Waals surface area contributed by atoms with Gasteiger partial charge in [-0.3, -0.25) is 4.79 Å². The number of carbonyl (C=O) groups is 1. The maximum absolute atomic E-state index is 12.9. The molecule has 1 aliphatic rings. The number of methoxy groups -OCH3 is 2. The van der Waals surface area contributed by atoms with Crippen LogP contribution in [0.15, 0.2) is 52.9 Å². The molecular formula is C26H27N5O4. The summed E-state index contributed by atoms with van der Waals surface area (Å²) >= 11 is 0. The minimum absolute atomic E-state index is 0.139. The SMILES string of the molecule is COc1ccc(CCNC(=O)c2cccc(-n3nc(-c4nnc(C)o4)cc3C3CC3)c2)cc1OC. The second kappa shape index (κ2) is 9.61. The molecule has 1 N–H and O–H groups in total. The van der Waals surface area contributed by atoms with E-state index in [0.29, 0.717) is 53.4 Å². The molecule has 5 rings (SSSR count). The zero-order chi connectivity index (χ0) is 24.4. The molecule has 2 aromatic heterocycles. The van der Waals surface area contributed by atoms with Gasteiger partial charge in [0.1, 0.15) is 5.69 Å². The van der Waals surface area contributed by atoms with Gasteiger partial charge in [-0.2, -0.15) is 5.10 Å². The number of aryl methyl sites for hydroxylation is 1. The summed E-state index contributed by atoms with van der Waals surface area (Å²) in [6.07, 6.45) is 2.90. The van der Waals surface area contributed by atoms with Crippen LogP contribution in [0.25, 0.3) is 17.3 Å². The fraction of sp³-hybridized carbons (Fsp3) is 0.308. The molecule has 2 aromatic carbocycles. The number of nitrogens with one attached hydrogen (secondary N) is 1. The fourth-order valence-corrected chi connectivity index (χ4v) is 4.01. The molecule has 1 amide bonds. The Kier molecular flexibility index (Phi) is 6.22. The third-order valence-electron chi connectivity index (χ3n) is 5.98. The Morgan fingerprint density at radius 1 is 1.09 bits per heavy atom. The normalized spacial score (nSPS) is 13.0. The second-order valence-corrected chi connectivity index (χ2v) is 8.51. The third-order valence-corrected chi connectivity index (χ3v) is 5.98. The van der Waals surface area contributed by atoms with Gasteiger partial charge in [0.2, 0.25) is 5.89 Å². The maximum Gasteiger partial charge on any atom is 0.268 e. The molecule has 0 aliphatic heterocycles. The van der Waals surface area contributed by atoms with E-state index in [4.69, 9.17) is 19.0 Å². The lowest BCUT2D eigenvalue weighted by Crippen LogP contribution is -2.25. The number of nitrogens with zero attached hydrogens (tertiary/aromatic N) is 4. The highest BCUT2D eigenvalue weighted by molar-refractivity contribution is 5.94. The zero-order valence-corrected chi connectivity index (χ0v) is 19.9. The summed E-state index contributed by atoms with van der Waals surface area (Å²) in [6, 6.07) is 15.2. The number of aromatic nitrogens is 4. The van der Waals surface area contributed by atoms with Crippen molar-refractivity contribution in [2.75, 3.05) is 20.8 Å². The summed E-state index contributed by atoms with van der Waals surface area (Å²) in [5.41, 5.74) is 4.16. The van der Waals surface area contributed by atoms with E-state index in [0.717, 1.165) is 29.8 Å². The lowest BCUT2D eigenvalue weighted by atomic mass is 10.1. The maximum atomic E-state index is 12.9. The first kappa shape index (κ1) is 22.6. The van der Waals surface area contributed by atoms with Gasteiger partial charge >= 0.3 is 0 Å². The van der Waals surface area contributed by atoms with Crippen molar-refractivity contribution in [1.82, 2.24) is 25.3 Å². The van der Waals surface area contributed by atoms with Gasteiger partial charge < -0.3 is 19.2 Å². The number of amides is 1. The Morgan fingerprint density at radius 2 is 1.91 bits per heavy atom.